The summed E-state index contributed by atoms with van der Waals surface area (Å²) in [4.78, 5) is 24.0. The monoisotopic (exact) mass is 484 g/mol. The van der Waals surface area contributed by atoms with Crippen LogP contribution in [0.25, 0.3) is 0 Å². The minimum atomic E-state index is -0.150. The summed E-state index contributed by atoms with van der Waals surface area (Å²) >= 11 is 2.25. The normalized spacial score (nSPS) is 45.9. The first-order valence-electron chi connectivity index (χ1n) is 10.7. The van der Waals surface area contributed by atoms with Crippen LogP contribution in [-0.4, -0.2) is 22.3 Å². The molecule has 3 saturated carbocycles. The number of alkyl halides is 1. The topological polar surface area (TPSA) is 43.4 Å². The highest BCUT2D eigenvalue weighted by molar-refractivity contribution is 14.1. The Labute approximate surface area is 177 Å². The van der Waals surface area contributed by atoms with Crippen molar-refractivity contribution in [3.63, 3.8) is 0 Å². The fourth-order valence-corrected chi connectivity index (χ4v) is 8.12. The van der Waals surface area contributed by atoms with E-state index in [9.17, 15) is 9.59 Å². The van der Waals surface area contributed by atoms with Gasteiger partial charge in [-0.3, -0.25) is 9.59 Å². The van der Waals surface area contributed by atoms with Gasteiger partial charge in [-0.25, -0.2) is 0 Å². The van der Waals surface area contributed by atoms with Crippen LogP contribution >= 0.6 is 22.6 Å². The molecule has 4 heteroatoms. The van der Waals surface area contributed by atoms with Crippen molar-refractivity contribution in [2.45, 2.75) is 78.2 Å². The summed E-state index contributed by atoms with van der Waals surface area (Å²) in [6.07, 6.45) is 11.6. The zero-order valence-corrected chi connectivity index (χ0v) is 19.1. The SMILES string of the molecule is CC(=O)OC1CC[C@@]2(C)C(=CC[C@H]3[C@@H]4CC[C@H](C(=O)CI)[C@@]4(C)CC[C@@H]32)C1. The minimum Gasteiger partial charge on any atom is -0.462 e. The Morgan fingerprint density at radius 2 is 1.93 bits per heavy atom. The lowest BCUT2D eigenvalue weighted by atomic mass is 9.47. The number of hydrogen-bond acceptors (Lipinski definition) is 3. The van der Waals surface area contributed by atoms with E-state index in [4.69, 9.17) is 4.74 Å². The molecule has 0 aliphatic heterocycles. The Hall–Kier alpha value is -0.390. The standard InChI is InChI=1S/C23H33IO3/c1-14(25)27-16-8-10-22(2)15(12-16)4-5-17-18-6-7-20(21(26)13-24)23(18,3)11-9-19(17)22/h4,16-20H,5-13H2,1-3H3/t16?,17-,18-,19-,20+,22-,23-/m0/s1. The fourth-order valence-electron chi connectivity index (χ4n) is 7.58. The maximum atomic E-state index is 12.6. The summed E-state index contributed by atoms with van der Waals surface area (Å²) in [6, 6.07) is 0. The van der Waals surface area contributed by atoms with Crippen LogP contribution in [0.1, 0.15) is 72.1 Å². The van der Waals surface area contributed by atoms with Crippen LogP contribution in [0, 0.1) is 34.5 Å². The molecule has 3 fully saturated rings. The highest BCUT2D eigenvalue weighted by Crippen LogP contribution is 2.66. The maximum Gasteiger partial charge on any atom is 0.302 e. The number of halogens is 1. The molecule has 0 bridgehead atoms. The van der Waals surface area contributed by atoms with Gasteiger partial charge in [0.15, 0.2) is 0 Å². The summed E-state index contributed by atoms with van der Waals surface area (Å²) in [7, 11) is 0. The van der Waals surface area contributed by atoms with Crippen molar-refractivity contribution >= 4 is 34.3 Å². The molecule has 0 amide bonds. The van der Waals surface area contributed by atoms with Gasteiger partial charge < -0.3 is 4.74 Å². The highest BCUT2D eigenvalue weighted by Gasteiger charge is 2.59. The van der Waals surface area contributed by atoms with E-state index in [1.54, 1.807) is 5.57 Å². The van der Waals surface area contributed by atoms with Crippen LogP contribution in [0.4, 0.5) is 0 Å². The van der Waals surface area contributed by atoms with Gasteiger partial charge in [0, 0.05) is 19.3 Å². The largest absolute Gasteiger partial charge is 0.462 e. The fraction of sp³-hybridized carbons (Fsp3) is 0.826. The highest BCUT2D eigenvalue weighted by atomic mass is 127. The maximum absolute atomic E-state index is 12.6. The molecule has 0 spiro atoms. The molecular weight excluding hydrogens is 451 g/mol. The third-order valence-electron chi connectivity index (χ3n) is 8.91. The molecule has 0 aromatic carbocycles. The number of Topliss-reactive ketones (excluding diaryl/α,β-unsaturated/α-hetero) is 1. The zero-order chi connectivity index (χ0) is 19.4. The molecule has 0 aromatic heterocycles. The number of ether oxygens (including phenoxy) is 1. The molecule has 0 radical (unpaired) electrons. The number of ketones is 1. The molecule has 7 atom stereocenters. The van der Waals surface area contributed by atoms with Gasteiger partial charge in [0.1, 0.15) is 11.9 Å². The van der Waals surface area contributed by atoms with E-state index >= 15 is 0 Å². The number of carbonyl (C=O) groups is 2. The Morgan fingerprint density at radius 1 is 1.15 bits per heavy atom. The van der Waals surface area contributed by atoms with Crippen LogP contribution in [0.2, 0.25) is 0 Å². The smallest absolute Gasteiger partial charge is 0.302 e. The van der Waals surface area contributed by atoms with Crippen molar-refractivity contribution in [3.05, 3.63) is 11.6 Å². The first-order valence-corrected chi connectivity index (χ1v) is 12.3. The molecular formula is C23H33IO3. The van der Waals surface area contributed by atoms with Crippen LogP contribution in [-0.2, 0) is 14.3 Å². The molecule has 0 N–H and O–H groups in total. The van der Waals surface area contributed by atoms with Crippen LogP contribution in [0.5, 0.6) is 0 Å². The van der Waals surface area contributed by atoms with E-state index in [1.165, 1.54) is 26.2 Å². The Kier molecular flexibility index (Phi) is 5.26. The number of esters is 1. The number of allylic oxidation sites excluding steroid dienone is 1. The Balaban J connectivity index is 1.57. The van der Waals surface area contributed by atoms with Gasteiger partial charge in [0.05, 0.1) is 4.43 Å². The molecule has 27 heavy (non-hydrogen) atoms. The third kappa shape index (κ3) is 3.12. The molecule has 1 unspecified atom stereocenters. The molecule has 0 heterocycles. The molecule has 4 rings (SSSR count). The number of rotatable bonds is 3. The summed E-state index contributed by atoms with van der Waals surface area (Å²) < 4.78 is 6.21. The number of carbonyl (C=O) groups excluding carboxylic acids is 2. The number of hydrogen-bond donors (Lipinski definition) is 0. The van der Waals surface area contributed by atoms with Crippen molar-refractivity contribution in [2.24, 2.45) is 34.5 Å². The third-order valence-corrected chi connectivity index (χ3v) is 9.66. The molecule has 4 aliphatic carbocycles. The molecule has 150 valence electrons. The van der Waals surface area contributed by atoms with Crippen LogP contribution in [0.3, 0.4) is 0 Å². The second-order valence-electron chi connectivity index (χ2n) is 10.0. The van der Waals surface area contributed by atoms with E-state index in [1.807, 2.05) is 0 Å². The second-order valence-corrected chi connectivity index (χ2v) is 10.8. The van der Waals surface area contributed by atoms with Gasteiger partial charge in [-0.1, -0.05) is 48.1 Å². The lowest BCUT2D eigenvalue weighted by molar-refractivity contribution is -0.149. The van der Waals surface area contributed by atoms with Gasteiger partial charge in [-0.05, 0) is 73.5 Å². The van der Waals surface area contributed by atoms with E-state index in [0.29, 0.717) is 22.0 Å². The first-order chi connectivity index (χ1) is 12.8. The number of fused-ring (bicyclic) bond motifs is 5. The predicted molar refractivity (Wildman–Crippen MR) is 115 cm³/mol. The summed E-state index contributed by atoms with van der Waals surface area (Å²) in [5.74, 6) is 2.80. The predicted octanol–water partition coefficient (Wildman–Crippen LogP) is 5.50. The van der Waals surface area contributed by atoms with Gasteiger partial charge in [0.25, 0.3) is 0 Å². The van der Waals surface area contributed by atoms with Crippen molar-refractivity contribution in [1.82, 2.24) is 0 Å². The van der Waals surface area contributed by atoms with Crippen molar-refractivity contribution < 1.29 is 14.3 Å². The quantitative estimate of drug-likeness (QED) is 0.230. The average Bonchev–Trinajstić information content (AvgIpc) is 2.98. The molecule has 3 nitrogen and oxygen atoms in total. The van der Waals surface area contributed by atoms with Crippen LogP contribution < -0.4 is 0 Å². The Bertz CT molecular complexity index is 671. The lowest BCUT2D eigenvalue weighted by Gasteiger charge is -2.58. The molecule has 0 saturated heterocycles. The molecule has 0 aromatic rings. The average molecular weight is 484 g/mol. The minimum absolute atomic E-state index is 0.0735. The van der Waals surface area contributed by atoms with Gasteiger partial charge in [-0.2, -0.15) is 0 Å². The Morgan fingerprint density at radius 3 is 2.63 bits per heavy atom. The van der Waals surface area contributed by atoms with Crippen LogP contribution in [0.15, 0.2) is 11.6 Å². The summed E-state index contributed by atoms with van der Waals surface area (Å²) in [6.45, 7) is 6.42. The molecule has 4 aliphatic rings. The van der Waals surface area contributed by atoms with Crippen molar-refractivity contribution in [1.29, 1.82) is 0 Å². The van der Waals surface area contributed by atoms with Gasteiger partial charge in [0.2, 0.25) is 0 Å². The van der Waals surface area contributed by atoms with Crippen molar-refractivity contribution in [2.75, 3.05) is 4.43 Å². The summed E-state index contributed by atoms with van der Waals surface area (Å²) in [5.41, 5.74) is 2.04. The van der Waals surface area contributed by atoms with E-state index in [2.05, 4.69) is 42.5 Å². The van der Waals surface area contributed by atoms with E-state index < -0.39 is 0 Å². The van der Waals surface area contributed by atoms with E-state index in [0.717, 1.165) is 43.9 Å². The first kappa shape index (κ1) is 19.9. The van der Waals surface area contributed by atoms with Gasteiger partial charge in [-0.15, -0.1) is 0 Å². The lowest BCUT2D eigenvalue weighted by Crippen LogP contribution is -2.51. The van der Waals surface area contributed by atoms with Gasteiger partial charge >= 0.3 is 5.97 Å². The van der Waals surface area contributed by atoms with E-state index in [-0.39, 0.29) is 22.9 Å². The second kappa shape index (κ2) is 7.14. The zero-order valence-electron chi connectivity index (χ0n) is 16.9. The van der Waals surface area contributed by atoms with Crippen molar-refractivity contribution in [3.8, 4) is 0 Å². The summed E-state index contributed by atoms with van der Waals surface area (Å²) in [5, 5.41) is 0.